The predicted octanol–water partition coefficient (Wildman–Crippen LogP) is 5.46. The number of carbonyl (C=O) groups is 4. The highest BCUT2D eigenvalue weighted by atomic mass is 32.1. The van der Waals surface area contributed by atoms with Crippen molar-refractivity contribution in [3.8, 4) is 11.1 Å². The molecular weight excluding hydrogens is 522 g/mol. The van der Waals surface area contributed by atoms with Gasteiger partial charge in [-0.1, -0.05) is 26.0 Å². The molecule has 3 aromatic rings. The Bertz CT molecular complexity index is 1440. The average Bonchev–Trinajstić information content (AvgIpc) is 3.35. The highest BCUT2D eigenvalue weighted by Gasteiger charge is 2.43. The molecule has 4 rings (SSSR count). The number of benzene rings is 2. The summed E-state index contributed by atoms with van der Waals surface area (Å²) in [7, 11) is 0. The normalized spacial score (nSPS) is 13.4. The summed E-state index contributed by atoms with van der Waals surface area (Å²) in [6.07, 6.45) is 0.214. The Hall–Kier alpha value is -4.38. The van der Waals surface area contributed by atoms with Gasteiger partial charge in [0.2, 0.25) is 5.91 Å². The molecule has 10 nitrogen and oxygen atoms in total. The van der Waals surface area contributed by atoms with E-state index in [0.717, 1.165) is 16.2 Å². The Morgan fingerprint density at radius 3 is 2.15 bits per heavy atom. The Kier molecular flexibility index (Phi) is 7.91. The molecule has 1 aliphatic heterocycles. The minimum absolute atomic E-state index is 0.0321. The average molecular weight is 550 g/mol. The molecule has 0 spiro atoms. The molecule has 2 heterocycles. The van der Waals surface area contributed by atoms with Crippen molar-refractivity contribution in [1.29, 1.82) is 0 Å². The van der Waals surface area contributed by atoms with Crippen molar-refractivity contribution >= 4 is 45.7 Å². The molecule has 0 fully saturated rings. The van der Waals surface area contributed by atoms with Crippen molar-refractivity contribution in [2.24, 2.45) is 5.92 Å². The lowest BCUT2D eigenvalue weighted by Gasteiger charge is -2.26. The van der Waals surface area contributed by atoms with Crippen LogP contribution in [-0.4, -0.2) is 46.2 Å². The van der Waals surface area contributed by atoms with Crippen LogP contribution in [-0.2, 0) is 9.53 Å². The minimum Gasteiger partial charge on any atom is -0.462 e. The summed E-state index contributed by atoms with van der Waals surface area (Å²) in [5, 5.41) is 14.1. The van der Waals surface area contributed by atoms with Gasteiger partial charge < -0.3 is 10.1 Å². The number of anilines is 1. The summed E-state index contributed by atoms with van der Waals surface area (Å²) in [5.41, 5.74) is 1.50. The fraction of sp³-hybridized carbons (Fsp3) is 0.286. The van der Waals surface area contributed by atoms with Crippen molar-refractivity contribution in [2.75, 3.05) is 11.9 Å². The third-order valence-corrected chi connectivity index (χ3v) is 7.32. The van der Waals surface area contributed by atoms with Crippen LogP contribution in [0.25, 0.3) is 11.1 Å². The molecule has 1 unspecified atom stereocenters. The first-order valence-corrected chi connectivity index (χ1v) is 13.2. The molecule has 2 aromatic carbocycles. The number of hydrogen-bond acceptors (Lipinski definition) is 8. The topological polar surface area (TPSA) is 136 Å². The second-order valence-electron chi connectivity index (χ2n) is 9.42. The van der Waals surface area contributed by atoms with Crippen LogP contribution in [0.2, 0.25) is 0 Å². The van der Waals surface area contributed by atoms with Crippen LogP contribution in [0.15, 0.2) is 48.5 Å². The maximum atomic E-state index is 13.7. The monoisotopic (exact) mass is 549 g/mol. The highest BCUT2D eigenvalue weighted by Crippen LogP contribution is 2.41. The number of amides is 3. The van der Waals surface area contributed by atoms with E-state index in [1.807, 2.05) is 13.8 Å². The maximum Gasteiger partial charge on any atom is 0.341 e. The molecular formula is C28H27N3O7S. The fourth-order valence-electron chi connectivity index (χ4n) is 4.59. The van der Waals surface area contributed by atoms with Crippen molar-refractivity contribution < 1.29 is 28.8 Å². The molecule has 0 saturated carbocycles. The van der Waals surface area contributed by atoms with E-state index >= 15 is 0 Å². The van der Waals surface area contributed by atoms with E-state index < -0.39 is 34.7 Å². The van der Waals surface area contributed by atoms with Gasteiger partial charge in [0, 0.05) is 22.6 Å². The minimum atomic E-state index is -1.11. The quantitative estimate of drug-likeness (QED) is 0.162. The van der Waals surface area contributed by atoms with E-state index in [-0.39, 0.29) is 46.3 Å². The molecule has 39 heavy (non-hydrogen) atoms. The second-order valence-corrected chi connectivity index (χ2v) is 10.6. The lowest BCUT2D eigenvalue weighted by molar-refractivity contribution is -0.384. The van der Waals surface area contributed by atoms with Crippen LogP contribution >= 0.6 is 11.3 Å². The van der Waals surface area contributed by atoms with Gasteiger partial charge >= 0.3 is 5.97 Å². The lowest BCUT2D eigenvalue weighted by Crippen LogP contribution is -2.48. The molecule has 1 atom stereocenters. The van der Waals surface area contributed by atoms with Gasteiger partial charge in [0.05, 0.1) is 22.7 Å². The highest BCUT2D eigenvalue weighted by molar-refractivity contribution is 7.17. The van der Waals surface area contributed by atoms with E-state index in [0.29, 0.717) is 16.0 Å². The molecule has 11 heteroatoms. The molecule has 0 bridgehead atoms. The Labute approximate surface area is 228 Å². The predicted molar refractivity (Wildman–Crippen MR) is 146 cm³/mol. The van der Waals surface area contributed by atoms with E-state index in [1.165, 1.54) is 24.3 Å². The van der Waals surface area contributed by atoms with Gasteiger partial charge in [0.1, 0.15) is 16.6 Å². The number of ether oxygens (including phenoxy) is 1. The van der Waals surface area contributed by atoms with Crippen molar-refractivity contribution in [3.63, 3.8) is 0 Å². The first-order valence-electron chi connectivity index (χ1n) is 12.4. The number of hydrogen-bond donors (Lipinski definition) is 1. The zero-order chi connectivity index (χ0) is 28.4. The van der Waals surface area contributed by atoms with Gasteiger partial charge in [-0.15, -0.1) is 11.3 Å². The van der Waals surface area contributed by atoms with E-state index in [1.54, 1.807) is 38.1 Å². The molecule has 0 radical (unpaired) electrons. The summed E-state index contributed by atoms with van der Waals surface area (Å²) in [6, 6.07) is 11.0. The number of aryl methyl sites for hydroxylation is 1. The summed E-state index contributed by atoms with van der Waals surface area (Å²) in [4.78, 5) is 65.4. The van der Waals surface area contributed by atoms with Crippen LogP contribution in [0.3, 0.4) is 0 Å². The first-order chi connectivity index (χ1) is 18.5. The van der Waals surface area contributed by atoms with Crippen LogP contribution in [0, 0.1) is 23.0 Å². The number of carbonyl (C=O) groups excluding carboxylic acids is 4. The number of nitrogens with one attached hydrogen (secondary N) is 1. The zero-order valence-electron chi connectivity index (χ0n) is 21.8. The number of rotatable bonds is 9. The third kappa shape index (κ3) is 5.30. The van der Waals surface area contributed by atoms with Crippen LogP contribution in [0.5, 0.6) is 0 Å². The number of fused-ring (bicyclic) bond motifs is 1. The Morgan fingerprint density at radius 1 is 1.05 bits per heavy atom. The molecule has 3 amide bonds. The molecule has 0 saturated heterocycles. The number of nitro benzene ring substituents is 1. The van der Waals surface area contributed by atoms with Gasteiger partial charge in [0.25, 0.3) is 17.5 Å². The molecule has 0 aliphatic carbocycles. The number of imide groups is 1. The summed E-state index contributed by atoms with van der Waals surface area (Å²) >= 11 is 1.14. The number of esters is 1. The maximum absolute atomic E-state index is 13.7. The van der Waals surface area contributed by atoms with Gasteiger partial charge in [-0.25, -0.2) is 4.79 Å². The molecule has 1 N–H and O–H groups in total. The van der Waals surface area contributed by atoms with E-state index in [4.69, 9.17) is 4.74 Å². The van der Waals surface area contributed by atoms with Gasteiger partial charge in [-0.05, 0) is 56.0 Å². The van der Waals surface area contributed by atoms with E-state index in [9.17, 15) is 29.3 Å². The standard InChI is InChI=1S/C28H27N3O7S/c1-5-38-28(35)23-22(17-10-12-18(13-11-17)31(36)37)16(4)39-25(23)29-24(32)21(14-15(2)3)30-26(33)19-8-6-7-9-20(19)27(30)34/h6-13,15,21H,5,14H2,1-4H3,(H,29,32). The largest absolute Gasteiger partial charge is 0.462 e. The number of thiophene rings is 1. The van der Waals surface area contributed by atoms with Gasteiger partial charge in [-0.2, -0.15) is 0 Å². The number of non-ortho nitro benzene ring substituents is 1. The van der Waals surface area contributed by atoms with Crippen LogP contribution < -0.4 is 5.32 Å². The summed E-state index contributed by atoms with van der Waals surface area (Å²) in [6.45, 7) is 7.26. The van der Waals surface area contributed by atoms with Crippen LogP contribution in [0.1, 0.15) is 63.1 Å². The van der Waals surface area contributed by atoms with E-state index in [2.05, 4.69) is 5.32 Å². The Balaban J connectivity index is 1.74. The first kappa shape index (κ1) is 27.6. The zero-order valence-corrected chi connectivity index (χ0v) is 22.7. The van der Waals surface area contributed by atoms with Gasteiger partial charge in [-0.3, -0.25) is 29.4 Å². The number of nitrogens with zero attached hydrogens (tertiary/aromatic N) is 2. The van der Waals surface area contributed by atoms with Gasteiger partial charge in [0.15, 0.2) is 0 Å². The fourth-order valence-corrected chi connectivity index (χ4v) is 5.66. The summed E-state index contributed by atoms with van der Waals surface area (Å²) in [5.74, 6) is -2.41. The summed E-state index contributed by atoms with van der Waals surface area (Å²) < 4.78 is 5.28. The van der Waals surface area contributed by atoms with Crippen molar-refractivity contribution in [1.82, 2.24) is 4.90 Å². The SMILES string of the molecule is CCOC(=O)c1c(NC(=O)C(CC(C)C)N2C(=O)c3ccccc3C2=O)sc(C)c1-c1ccc([N+](=O)[O-])cc1. The molecule has 202 valence electrons. The van der Waals surface area contributed by atoms with Crippen molar-refractivity contribution in [2.45, 2.75) is 40.2 Å². The molecule has 1 aliphatic rings. The smallest absolute Gasteiger partial charge is 0.341 e. The van der Waals surface area contributed by atoms with Crippen LogP contribution in [0.4, 0.5) is 10.7 Å². The number of nitro groups is 1. The lowest BCUT2D eigenvalue weighted by atomic mass is 10.00. The second kappa shape index (κ2) is 11.2. The third-order valence-electron chi connectivity index (χ3n) is 6.30. The Morgan fingerprint density at radius 2 is 1.64 bits per heavy atom. The van der Waals surface area contributed by atoms with Crippen molar-refractivity contribution in [3.05, 3.63) is 80.2 Å². The molecule has 1 aromatic heterocycles.